The second-order valence-corrected chi connectivity index (χ2v) is 5.79. The fourth-order valence-electron chi connectivity index (χ4n) is 2.94. The lowest BCUT2D eigenvalue weighted by molar-refractivity contribution is 0.0893. The highest BCUT2D eigenvalue weighted by atomic mass is 16.1. The molecule has 1 aromatic carbocycles. The van der Waals surface area contributed by atoms with Crippen molar-refractivity contribution >= 4 is 5.91 Å². The number of hydrogen-bond acceptors (Lipinski definition) is 2. The van der Waals surface area contributed by atoms with E-state index in [1.807, 2.05) is 30.3 Å². The molecule has 3 nitrogen and oxygen atoms in total. The first-order chi connectivity index (χ1) is 9.70. The molecule has 0 aliphatic carbocycles. The number of rotatable bonds is 5. The predicted octanol–water partition coefficient (Wildman–Crippen LogP) is 3.07. The maximum Gasteiger partial charge on any atom is 0.251 e. The zero-order valence-electron chi connectivity index (χ0n) is 12.6. The Bertz CT molecular complexity index is 410. The van der Waals surface area contributed by atoms with Crippen molar-refractivity contribution < 1.29 is 4.79 Å². The van der Waals surface area contributed by atoms with E-state index in [4.69, 9.17) is 0 Å². The number of benzene rings is 1. The van der Waals surface area contributed by atoms with Gasteiger partial charge in [-0.1, -0.05) is 31.5 Å². The van der Waals surface area contributed by atoms with E-state index in [1.165, 1.54) is 12.8 Å². The van der Waals surface area contributed by atoms with Crippen LogP contribution in [0.1, 0.15) is 49.9 Å². The van der Waals surface area contributed by atoms with E-state index in [1.54, 1.807) is 0 Å². The Morgan fingerprint density at radius 1 is 1.30 bits per heavy atom. The molecule has 1 amide bonds. The van der Waals surface area contributed by atoms with Crippen LogP contribution in [0.4, 0.5) is 0 Å². The van der Waals surface area contributed by atoms with Crippen LogP contribution in [0.2, 0.25) is 0 Å². The maximum absolute atomic E-state index is 12.1. The van der Waals surface area contributed by atoms with Gasteiger partial charge in [0.2, 0.25) is 0 Å². The summed E-state index contributed by atoms with van der Waals surface area (Å²) in [6, 6.07) is 10.5. The monoisotopic (exact) mass is 274 g/mol. The van der Waals surface area contributed by atoms with Crippen LogP contribution in [0.15, 0.2) is 30.3 Å². The summed E-state index contributed by atoms with van der Waals surface area (Å²) in [6.07, 6.45) is 4.63. The Morgan fingerprint density at radius 3 is 2.55 bits per heavy atom. The molecular weight excluding hydrogens is 248 g/mol. The zero-order chi connectivity index (χ0) is 14.4. The van der Waals surface area contributed by atoms with Crippen LogP contribution in [-0.2, 0) is 0 Å². The highest BCUT2D eigenvalue weighted by Gasteiger charge is 2.23. The molecule has 20 heavy (non-hydrogen) atoms. The van der Waals surface area contributed by atoms with Gasteiger partial charge < -0.3 is 10.2 Å². The summed E-state index contributed by atoms with van der Waals surface area (Å²) in [5.74, 6) is 0.0608. The minimum Gasteiger partial charge on any atom is -0.349 e. The lowest BCUT2D eigenvalue weighted by atomic mass is 10.0. The van der Waals surface area contributed by atoms with Crippen LogP contribution in [0.5, 0.6) is 0 Å². The maximum atomic E-state index is 12.1. The standard InChI is InChI=1S/C17H26N2O/c1-3-7-14(2)19-12-10-16(11-13-19)18-17(20)15-8-5-4-6-9-15/h4-6,8-9,14,16H,3,7,10-13H2,1-2H3,(H,18,20). The van der Waals surface area contributed by atoms with E-state index in [2.05, 4.69) is 24.1 Å². The lowest BCUT2D eigenvalue weighted by Gasteiger charge is -2.36. The zero-order valence-corrected chi connectivity index (χ0v) is 12.6. The van der Waals surface area contributed by atoms with E-state index >= 15 is 0 Å². The Labute approximate surface area is 122 Å². The molecule has 0 saturated carbocycles. The molecule has 1 unspecified atom stereocenters. The number of carbonyl (C=O) groups is 1. The summed E-state index contributed by atoms with van der Waals surface area (Å²) in [5.41, 5.74) is 0.759. The van der Waals surface area contributed by atoms with Crippen LogP contribution >= 0.6 is 0 Å². The first-order valence-corrected chi connectivity index (χ1v) is 7.80. The number of nitrogens with zero attached hydrogens (tertiary/aromatic N) is 1. The van der Waals surface area contributed by atoms with Gasteiger partial charge in [0.1, 0.15) is 0 Å². The number of piperidine rings is 1. The van der Waals surface area contributed by atoms with Gasteiger partial charge in [0.15, 0.2) is 0 Å². The van der Waals surface area contributed by atoms with Gasteiger partial charge in [0.25, 0.3) is 5.91 Å². The number of amides is 1. The van der Waals surface area contributed by atoms with Crippen LogP contribution in [0.25, 0.3) is 0 Å². The normalized spacial score (nSPS) is 18.7. The Morgan fingerprint density at radius 2 is 1.95 bits per heavy atom. The molecule has 1 N–H and O–H groups in total. The Balaban J connectivity index is 1.78. The van der Waals surface area contributed by atoms with Crippen molar-refractivity contribution in [2.45, 2.75) is 51.6 Å². The van der Waals surface area contributed by atoms with E-state index in [-0.39, 0.29) is 5.91 Å². The first kappa shape index (κ1) is 15.0. The highest BCUT2D eigenvalue weighted by molar-refractivity contribution is 5.94. The van der Waals surface area contributed by atoms with E-state index in [0.717, 1.165) is 31.5 Å². The third-order valence-electron chi connectivity index (χ3n) is 4.23. The molecule has 1 atom stereocenters. The number of carbonyl (C=O) groups excluding carboxylic acids is 1. The first-order valence-electron chi connectivity index (χ1n) is 7.80. The van der Waals surface area contributed by atoms with Crippen LogP contribution in [-0.4, -0.2) is 36.0 Å². The summed E-state index contributed by atoms with van der Waals surface area (Å²) >= 11 is 0. The van der Waals surface area contributed by atoms with Crippen molar-refractivity contribution in [3.8, 4) is 0 Å². The molecule has 1 saturated heterocycles. The predicted molar refractivity (Wildman–Crippen MR) is 82.9 cm³/mol. The van der Waals surface area contributed by atoms with Gasteiger partial charge in [-0.05, 0) is 38.3 Å². The minimum absolute atomic E-state index is 0.0608. The van der Waals surface area contributed by atoms with Gasteiger partial charge in [-0.3, -0.25) is 4.79 Å². The number of likely N-dealkylation sites (tertiary alicyclic amines) is 1. The molecular formula is C17H26N2O. The van der Waals surface area contributed by atoms with Crippen molar-refractivity contribution in [3.05, 3.63) is 35.9 Å². The van der Waals surface area contributed by atoms with Crippen molar-refractivity contribution in [3.63, 3.8) is 0 Å². The van der Waals surface area contributed by atoms with E-state index in [0.29, 0.717) is 12.1 Å². The highest BCUT2D eigenvalue weighted by Crippen LogP contribution is 2.16. The summed E-state index contributed by atoms with van der Waals surface area (Å²) < 4.78 is 0. The van der Waals surface area contributed by atoms with Gasteiger partial charge in [0.05, 0.1) is 0 Å². The number of nitrogens with one attached hydrogen (secondary N) is 1. The van der Waals surface area contributed by atoms with Crippen LogP contribution in [0.3, 0.4) is 0 Å². The van der Waals surface area contributed by atoms with E-state index < -0.39 is 0 Å². The fraction of sp³-hybridized carbons (Fsp3) is 0.588. The second-order valence-electron chi connectivity index (χ2n) is 5.79. The smallest absolute Gasteiger partial charge is 0.251 e. The largest absolute Gasteiger partial charge is 0.349 e. The molecule has 1 aromatic rings. The Kier molecular flexibility index (Phi) is 5.60. The molecule has 0 radical (unpaired) electrons. The van der Waals surface area contributed by atoms with Crippen molar-refractivity contribution in [1.82, 2.24) is 10.2 Å². The Hall–Kier alpha value is -1.35. The summed E-state index contributed by atoms with van der Waals surface area (Å²) in [7, 11) is 0. The third kappa shape index (κ3) is 4.07. The SMILES string of the molecule is CCCC(C)N1CCC(NC(=O)c2ccccc2)CC1. The molecule has 110 valence electrons. The van der Waals surface area contributed by atoms with Crippen LogP contribution in [0, 0.1) is 0 Å². The average molecular weight is 274 g/mol. The van der Waals surface area contributed by atoms with Gasteiger partial charge in [-0.15, -0.1) is 0 Å². The van der Waals surface area contributed by atoms with Gasteiger partial charge in [0, 0.05) is 30.7 Å². The van der Waals surface area contributed by atoms with Gasteiger partial charge >= 0.3 is 0 Å². The minimum atomic E-state index is 0.0608. The molecule has 0 spiro atoms. The van der Waals surface area contributed by atoms with Crippen LogP contribution < -0.4 is 5.32 Å². The van der Waals surface area contributed by atoms with Gasteiger partial charge in [-0.25, -0.2) is 0 Å². The summed E-state index contributed by atoms with van der Waals surface area (Å²) in [5, 5.41) is 3.16. The average Bonchev–Trinajstić information content (AvgIpc) is 2.49. The quantitative estimate of drug-likeness (QED) is 0.895. The molecule has 2 rings (SSSR count). The topological polar surface area (TPSA) is 32.3 Å². The molecule has 1 heterocycles. The molecule has 1 aliphatic heterocycles. The molecule has 0 aromatic heterocycles. The van der Waals surface area contributed by atoms with Gasteiger partial charge in [-0.2, -0.15) is 0 Å². The number of hydrogen-bond donors (Lipinski definition) is 1. The van der Waals surface area contributed by atoms with Crippen molar-refractivity contribution in [1.29, 1.82) is 0 Å². The fourth-order valence-corrected chi connectivity index (χ4v) is 2.94. The molecule has 3 heteroatoms. The molecule has 1 fully saturated rings. The summed E-state index contributed by atoms with van der Waals surface area (Å²) in [4.78, 5) is 14.7. The molecule has 0 bridgehead atoms. The lowest BCUT2D eigenvalue weighted by Crippen LogP contribution is -2.47. The van der Waals surface area contributed by atoms with Crippen molar-refractivity contribution in [2.24, 2.45) is 0 Å². The van der Waals surface area contributed by atoms with Crippen molar-refractivity contribution in [2.75, 3.05) is 13.1 Å². The second kappa shape index (κ2) is 7.44. The summed E-state index contributed by atoms with van der Waals surface area (Å²) in [6.45, 7) is 6.75. The third-order valence-corrected chi connectivity index (χ3v) is 4.23. The molecule has 1 aliphatic rings. The van der Waals surface area contributed by atoms with E-state index in [9.17, 15) is 4.79 Å².